The third-order valence-corrected chi connectivity index (χ3v) is 4.46. The Morgan fingerprint density at radius 3 is 2.53 bits per heavy atom. The smallest absolute Gasteiger partial charge is 0.235 e. The van der Waals surface area contributed by atoms with Gasteiger partial charge in [-0.05, 0) is 31.4 Å². The molecule has 0 radical (unpaired) electrons. The van der Waals surface area contributed by atoms with Gasteiger partial charge in [-0.2, -0.15) is 0 Å². The molecule has 1 N–H and O–H groups in total. The van der Waals surface area contributed by atoms with Gasteiger partial charge in [0.1, 0.15) is 5.75 Å². The van der Waals surface area contributed by atoms with Gasteiger partial charge in [-0.1, -0.05) is 31.2 Å². The van der Waals surface area contributed by atoms with Crippen molar-refractivity contribution in [1.29, 1.82) is 0 Å². The molecule has 1 rings (SSSR count). The first-order valence-corrected chi connectivity index (χ1v) is 8.20. The van der Waals surface area contributed by atoms with Crippen LogP contribution >= 0.6 is 0 Å². The Morgan fingerprint density at radius 2 is 1.95 bits per heavy atom. The van der Waals surface area contributed by atoms with Crippen LogP contribution in [0.1, 0.15) is 31.4 Å². The van der Waals surface area contributed by atoms with E-state index in [1.807, 2.05) is 32.9 Å². The maximum Gasteiger partial charge on any atom is 0.235 e. The summed E-state index contributed by atoms with van der Waals surface area (Å²) in [6.07, 6.45) is 0.781. The van der Waals surface area contributed by atoms with Crippen molar-refractivity contribution in [2.75, 3.05) is 5.75 Å². The maximum atomic E-state index is 12.0. The van der Waals surface area contributed by atoms with Crippen molar-refractivity contribution in [2.45, 2.75) is 39.0 Å². The summed E-state index contributed by atoms with van der Waals surface area (Å²) >= 11 is 0. The molecule has 4 nitrogen and oxygen atoms in total. The lowest BCUT2D eigenvalue weighted by Crippen LogP contribution is -2.36. The predicted octanol–water partition coefficient (Wildman–Crippen LogP) is 1.82. The van der Waals surface area contributed by atoms with E-state index in [1.165, 1.54) is 0 Å². The van der Waals surface area contributed by atoms with Crippen LogP contribution in [0.5, 0.6) is 0 Å². The molecule has 0 aliphatic carbocycles. The fourth-order valence-electron chi connectivity index (χ4n) is 1.68. The summed E-state index contributed by atoms with van der Waals surface area (Å²) in [6, 6.07) is 7.31. The normalized spacial score (nSPS) is 13.0. The van der Waals surface area contributed by atoms with Crippen LogP contribution in [0, 0.1) is 6.92 Å². The van der Waals surface area contributed by atoms with Gasteiger partial charge in [0.05, 0.1) is 5.75 Å². The number of hydrogen-bond donors (Lipinski definition) is 1. The third-order valence-electron chi connectivity index (χ3n) is 3.01. The van der Waals surface area contributed by atoms with E-state index in [2.05, 4.69) is 5.32 Å². The quantitative estimate of drug-likeness (QED) is 0.866. The van der Waals surface area contributed by atoms with Gasteiger partial charge in [-0.15, -0.1) is 0 Å². The number of sulfone groups is 1. The standard InChI is InChI=1S/C14H21NO3S/c1-4-12(3)15-14(16)10-19(17,18)9-13-8-6-5-7-11(13)2/h5-8,12H,4,9-10H2,1-3H3,(H,15,16)/t12-/m1/s1. The molecule has 5 heteroatoms. The average molecular weight is 283 g/mol. The first kappa shape index (κ1) is 15.7. The molecule has 1 aromatic rings. The lowest BCUT2D eigenvalue weighted by Gasteiger charge is -2.12. The Hall–Kier alpha value is -1.36. The number of nitrogens with one attached hydrogen (secondary N) is 1. The van der Waals surface area contributed by atoms with Crippen LogP contribution in [-0.2, 0) is 20.4 Å². The van der Waals surface area contributed by atoms with Gasteiger partial charge in [0, 0.05) is 6.04 Å². The Labute approximate surface area is 115 Å². The van der Waals surface area contributed by atoms with Crippen molar-refractivity contribution in [3.63, 3.8) is 0 Å². The van der Waals surface area contributed by atoms with E-state index in [9.17, 15) is 13.2 Å². The number of carbonyl (C=O) groups is 1. The van der Waals surface area contributed by atoms with Crippen LogP contribution < -0.4 is 5.32 Å². The van der Waals surface area contributed by atoms with Crippen LogP contribution in [0.15, 0.2) is 24.3 Å². The summed E-state index contributed by atoms with van der Waals surface area (Å²) in [5.74, 6) is -0.970. The van der Waals surface area contributed by atoms with E-state index in [0.717, 1.165) is 17.5 Å². The Bertz CT molecular complexity index is 537. The molecule has 0 saturated heterocycles. The highest BCUT2D eigenvalue weighted by Gasteiger charge is 2.19. The second kappa shape index (κ2) is 6.70. The molecule has 0 heterocycles. The zero-order valence-corrected chi connectivity index (χ0v) is 12.5. The van der Waals surface area contributed by atoms with Gasteiger partial charge < -0.3 is 5.32 Å². The molecule has 19 heavy (non-hydrogen) atoms. The molecule has 0 unspecified atom stereocenters. The molecule has 106 valence electrons. The molecule has 0 spiro atoms. The highest BCUT2D eigenvalue weighted by atomic mass is 32.2. The van der Waals surface area contributed by atoms with Crippen LogP contribution in [0.25, 0.3) is 0 Å². The Kier molecular flexibility index (Phi) is 5.54. The number of amides is 1. The fraction of sp³-hybridized carbons (Fsp3) is 0.500. The monoisotopic (exact) mass is 283 g/mol. The van der Waals surface area contributed by atoms with Gasteiger partial charge in [0.15, 0.2) is 9.84 Å². The van der Waals surface area contributed by atoms with Crippen LogP contribution in [0.2, 0.25) is 0 Å². The molecular formula is C14H21NO3S. The predicted molar refractivity (Wildman–Crippen MR) is 76.6 cm³/mol. The van der Waals surface area contributed by atoms with E-state index >= 15 is 0 Å². The number of benzene rings is 1. The van der Waals surface area contributed by atoms with Crippen molar-refractivity contribution in [2.24, 2.45) is 0 Å². The van der Waals surface area contributed by atoms with Gasteiger partial charge >= 0.3 is 0 Å². The van der Waals surface area contributed by atoms with E-state index < -0.39 is 21.5 Å². The van der Waals surface area contributed by atoms with Gasteiger partial charge in [0.25, 0.3) is 0 Å². The van der Waals surface area contributed by atoms with Crippen LogP contribution in [-0.4, -0.2) is 26.1 Å². The molecule has 1 amide bonds. The lowest BCUT2D eigenvalue weighted by atomic mass is 10.1. The summed E-state index contributed by atoms with van der Waals surface area (Å²) in [4.78, 5) is 11.6. The number of hydrogen-bond acceptors (Lipinski definition) is 3. The molecule has 0 aliphatic heterocycles. The van der Waals surface area contributed by atoms with Gasteiger partial charge in [-0.25, -0.2) is 8.42 Å². The SMILES string of the molecule is CC[C@@H](C)NC(=O)CS(=O)(=O)Cc1ccccc1C. The topological polar surface area (TPSA) is 63.2 Å². The minimum absolute atomic E-state index is 0.00108. The highest BCUT2D eigenvalue weighted by molar-refractivity contribution is 7.91. The van der Waals surface area contributed by atoms with Gasteiger partial charge in [0.2, 0.25) is 5.91 Å². The van der Waals surface area contributed by atoms with E-state index in [-0.39, 0.29) is 11.8 Å². The average Bonchev–Trinajstić information content (AvgIpc) is 2.30. The van der Waals surface area contributed by atoms with E-state index in [1.54, 1.807) is 12.1 Å². The minimum Gasteiger partial charge on any atom is -0.353 e. The van der Waals surface area contributed by atoms with Crippen molar-refractivity contribution in [3.8, 4) is 0 Å². The molecule has 0 aliphatic rings. The van der Waals surface area contributed by atoms with Crippen molar-refractivity contribution >= 4 is 15.7 Å². The second-order valence-corrected chi connectivity index (χ2v) is 6.90. The Morgan fingerprint density at radius 1 is 1.32 bits per heavy atom. The molecule has 1 aromatic carbocycles. The molecule has 0 bridgehead atoms. The highest BCUT2D eigenvalue weighted by Crippen LogP contribution is 2.11. The second-order valence-electron chi connectivity index (χ2n) is 4.84. The first-order valence-electron chi connectivity index (χ1n) is 6.38. The number of carbonyl (C=O) groups excluding carboxylic acids is 1. The molecule has 0 saturated carbocycles. The molecule has 0 fully saturated rings. The molecular weight excluding hydrogens is 262 g/mol. The summed E-state index contributed by atoms with van der Waals surface area (Å²) in [5.41, 5.74) is 1.67. The van der Waals surface area contributed by atoms with Crippen molar-refractivity contribution < 1.29 is 13.2 Å². The summed E-state index contributed by atoms with van der Waals surface area (Å²) in [6.45, 7) is 5.66. The van der Waals surface area contributed by atoms with Crippen LogP contribution in [0.3, 0.4) is 0 Å². The summed E-state index contributed by atoms with van der Waals surface area (Å²) in [5, 5.41) is 2.67. The molecule has 0 aromatic heterocycles. The zero-order valence-electron chi connectivity index (χ0n) is 11.6. The van der Waals surface area contributed by atoms with E-state index in [0.29, 0.717) is 0 Å². The zero-order chi connectivity index (χ0) is 14.5. The minimum atomic E-state index is -3.42. The number of rotatable bonds is 6. The van der Waals surface area contributed by atoms with Crippen molar-refractivity contribution in [3.05, 3.63) is 35.4 Å². The van der Waals surface area contributed by atoms with Crippen molar-refractivity contribution in [1.82, 2.24) is 5.32 Å². The summed E-state index contributed by atoms with van der Waals surface area (Å²) in [7, 11) is -3.42. The Balaban J connectivity index is 2.67. The van der Waals surface area contributed by atoms with Gasteiger partial charge in [-0.3, -0.25) is 4.79 Å². The maximum absolute atomic E-state index is 12.0. The summed E-state index contributed by atoms with van der Waals surface area (Å²) < 4.78 is 23.9. The molecule has 1 atom stereocenters. The lowest BCUT2D eigenvalue weighted by molar-refractivity contribution is -0.119. The van der Waals surface area contributed by atoms with E-state index in [4.69, 9.17) is 0 Å². The largest absolute Gasteiger partial charge is 0.353 e. The fourth-order valence-corrected chi connectivity index (χ4v) is 3.06. The van der Waals surface area contributed by atoms with Crippen LogP contribution in [0.4, 0.5) is 0 Å². The first-order chi connectivity index (χ1) is 8.84. The third kappa shape index (κ3) is 5.42. The number of aryl methyl sites for hydroxylation is 1.